The highest BCUT2D eigenvalue weighted by Crippen LogP contribution is 2.44. The molecule has 0 spiro atoms. The van der Waals surface area contributed by atoms with Crippen molar-refractivity contribution in [1.29, 1.82) is 0 Å². The molecule has 1 aromatic carbocycles. The molecule has 0 amide bonds. The van der Waals surface area contributed by atoms with Gasteiger partial charge in [0.1, 0.15) is 5.75 Å². The van der Waals surface area contributed by atoms with E-state index in [1.807, 2.05) is 0 Å². The van der Waals surface area contributed by atoms with Crippen molar-refractivity contribution in [2.24, 2.45) is 11.1 Å². The summed E-state index contributed by atoms with van der Waals surface area (Å²) in [6.07, 6.45) is 2.95. The normalized spacial score (nSPS) is 16.9. The number of nitrogens with one attached hydrogen (secondary N) is 1. The average Bonchev–Trinajstić information content (AvgIpc) is 3.16. The molecule has 0 unspecified atom stereocenters. The van der Waals surface area contributed by atoms with Crippen LogP contribution in [0, 0.1) is 5.41 Å². The summed E-state index contributed by atoms with van der Waals surface area (Å²) in [7, 11) is -3.42. The molecule has 1 aliphatic rings. The summed E-state index contributed by atoms with van der Waals surface area (Å²) in [4.78, 5) is 0.271. The van der Waals surface area contributed by atoms with Gasteiger partial charge in [0, 0.05) is 6.54 Å². The maximum absolute atomic E-state index is 12.1. The quantitative estimate of drug-likeness (QED) is 0.713. The predicted octanol–water partition coefficient (Wildman–Crippen LogP) is 1.49. The fourth-order valence-corrected chi connectivity index (χ4v) is 2.93. The molecule has 0 heterocycles. The second kappa shape index (κ2) is 6.11. The summed E-state index contributed by atoms with van der Waals surface area (Å²) in [6, 6.07) is 6.47. The van der Waals surface area contributed by atoms with Crippen LogP contribution in [0.3, 0.4) is 0 Å². The molecule has 0 aliphatic heterocycles. The molecule has 20 heavy (non-hydrogen) atoms. The van der Waals surface area contributed by atoms with Crippen LogP contribution in [-0.2, 0) is 10.0 Å². The Balaban J connectivity index is 1.93. The van der Waals surface area contributed by atoms with Crippen molar-refractivity contribution >= 4 is 10.0 Å². The van der Waals surface area contributed by atoms with Crippen LogP contribution in [-0.4, -0.2) is 28.1 Å². The zero-order valence-electron chi connectivity index (χ0n) is 11.8. The van der Waals surface area contributed by atoms with Gasteiger partial charge in [-0.1, -0.05) is 6.92 Å². The van der Waals surface area contributed by atoms with Crippen LogP contribution in [0.25, 0.3) is 0 Å². The molecular formula is C14H22N2O3S. The highest BCUT2D eigenvalue weighted by Gasteiger charge is 2.38. The number of hydrogen-bond donors (Lipinski definition) is 2. The van der Waals surface area contributed by atoms with Crippen molar-refractivity contribution < 1.29 is 13.2 Å². The summed E-state index contributed by atoms with van der Waals surface area (Å²) >= 11 is 0. The lowest BCUT2D eigenvalue weighted by atomic mass is 10.2. The topological polar surface area (TPSA) is 81.4 Å². The first-order chi connectivity index (χ1) is 9.45. The number of benzene rings is 1. The Morgan fingerprint density at radius 3 is 2.50 bits per heavy atom. The van der Waals surface area contributed by atoms with E-state index in [1.165, 1.54) is 0 Å². The van der Waals surface area contributed by atoms with Crippen molar-refractivity contribution in [2.75, 3.05) is 19.7 Å². The Kier molecular flexibility index (Phi) is 4.67. The molecule has 1 fully saturated rings. The molecule has 1 aliphatic carbocycles. The minimum absolute atomic E-state index is 0.151. The standard InChI is InChI=1S/C14H22N2O3S/c1-14(7-8-14)11-16-20(17,18)13-5-3-12(4-6-13)19-10-2-9-15/h3-6,16H,2,7-11,15H2,1H3. The SMILES string of the molecule is CC1(CNS(=O)(=O)c2ccc(OCCCN)cc2)CC1. The first kappa shape index (κ1) is 15.3. The number of sulfonamides is 1. The van der Waals surface area contributed by atoms with E-state index >= 15 is 0 Å². The summed E-state index contributed by atoms with van der Waals surface area (Å²) in [5, 5.41) is 0. The van der Waals surface area contributed by atoms with Crippen molar-refractivity contribution in [2.45, 2.75) is 31.1 Å². The zero-order chi connectivity index (χ0) is 14.6. The van der Waals surface area contributed by atoms with E-state index in [0.717, 1.165) is 19.3 Å². The Hall–Kier alpha value is -1.11. The fraction of sp³-hybridized carbons (Fsp3) is 0.571. The van der Waals surface area contributed by atoms with Crippen LogP contribution in [0.5, 0.6) is 5.75 Å². The van der Waals surface area contributed by atoms with Gasteiger partial charge in [-0.2, -0.15) is 0 Å². The van der Waals surface area contributed by atoms with Gasteiger partial charge < -0.3 is 10.5 Å². The number of nitrogens with two attached hydrogens (primary N) is 1. The Morgan fingerprint density at radius 1 is 1.30 bits per heavy atom. The van der Waals surface area contributed by atoms with E-state index in [1.54, 1.807) is 24.3 Å². The van der Waals surface area contributed by atoms with Crippen LogP contribution in [0.15, 0.2) is 29.2 Å². The van der Waals surface area contributed by atoms with Crippen molar-refractivity contribution in [3.63, 3.8) is 0 Å². The van der Waals surface area contributed by atoms with E-state index < -0.39 is 10.0 Å². The molecule has 3 N–H and O–H groups in total. The Bertz CT molecular complexity index is 536. The Morgan fingerprint density at radius 2 is 1.95 bits per heavy atom. The predicted molar refractivity (Wildman–Crippen MR) is 78.1 cm³/mol. The maximum Gasteiger partial charge on any atom is 0.240 e. The molecule has 5 nitrogen and oxygen atoms in total. The van der Waals surface area contributed by atoms with E-state index in [9.17, 15) is 8.42 Å². The molecule has 1 aromatic rings. The van der Waals surface area contributed by atoms with Crippen LogP contribution in [0.1, 0.15) is 26.2 Å². The van der Waals surface area contributed by atoms with E-state index in [-0.39, 0.29) is 10.3 Å². The van der Waals surface area contributed by atoms with Gasteiger partial charge in [0.2, 0.25) is 10.0 Å². The van der Waals surface area contributed by atoms with Gasteiger partial charge in [-0.05, 0) is 55.5 Å². The first-order valence-corrected chi connectivity index (χ1v) is 8.36. The van der Waals surface area contributed by atoms with Crippen molar-refractivity contribution in [1.82, 2.24) is 4.72 Å². The second-order valence-electron chi connectivity index (χ2n) is 5.60. The number of ether oxygens (including phenoxy) is 1. The van der Waals surface area contributed by atoms with Gasteiger partial charge >= 0.3 is 0 Å². The maximum atomic E-state index is 12.1. The summed E-state index contributed by atoms with van der Waals surface area (Å²) in [5.74, 6) is 0.659. The molecule has 112 valence electrons. The number of rotatable bonds is 8. The average molecular weight is 298 g/mol. The van der Waals surface area contributed by atoms with E-state index in [0.29, 0.717) is 25.4 Å². The molecule has 0 atom stereocenters. The van der Waals surface area contributed by atoms with Crippen molar-refractivity contribution in [3.8, 4) is 5.75 Å². The molecular weight excluding hydrogens is 276 g/mol. The molecule has 2 rings (SSSR count). The molecule has 1 saturated carbocycles. The third-order valence-corrected chi connectivity index (χ3v) is 4.96. The van der Waals surface area contributed by atoms with Gasteiger partial charge in [-0.15, -0.1) is 0 Å². The van der Waals surface area contributed by atoms with Gasteiger partial charge in [0.25, 0.3) is 0 Å². The lowest BCUT2D eigenvalue weighted by Gasteiger charge is -2.11. The van der Waals surface area contributed by atoms with Gasteiger partial charge in [0.15, 0.2) is 0 Å². The lowest BCUT2D eigenvalue weighted by molar-refractivity contribution is 0.313. The van der Waals surface area contributed by atoms with Crippen LogP contribution < -0.4 is 15.2 Å². The minimum Gasteiger partial charge on any atom is -0.494 e. The monoisotopic (exact) mass is 298 g/mol. The third kappa shape index (κ3) is 4.19. The van der Waals surface area contributed by atoms with Crippen LogP contribution in [0.2, 0.25) is 0 Å². The van der Waals surface area contributed by atoms with Gasteiger partial charge in [0.05, 0.1) is 11.5 Å². The van der Waals surface area contributed by atoms with Crippen LogP contribution in [0.4, 0.5) is 0 Å². The smallest absolute Gasteiger partial charge is 0.240 e. The molecule has 0 saturated heterocycles. The number of hydrogen-bond acceptors (Lipinski definition) is 4. The largest absolute Gasteiger partial charge is 0.494 e. The minimum atomic E-state index is -3.42. The van der Waals surface area contributed by atoms with E-state index in [2.05, 4.69) is 11.6 Å². The van der Waals surface area contributed by atoms with E-state index in [4.69, 9.17) is 10.5 Å². The van der Waals surface area contributed by atoms with Crippen LogP contribution >= 0.6 is 0 Å². The fourth-order valence-electron chi connectivity index (χ4n) is 1.73. The third-order valence-electron chi connectivity index (χ3n) is 3.54. The first-order valence-electron chi connectivity index (χ1n) is 6.88. The Labute approximate surface area is 120 Å². The van der Waals surface area contributed by atoms with Crippen molar-refractivity contribution in [3.05, 3.63) is 24.3 Å². The summed E-state index contributed by atoms with van der Waals surface area (Å²) in [5.41, 5.74) is 5.53. The van der Waals surface area contributed by atoms with Gasteiger partial charge in [-0.3, -0.25) is 0 Å². The molecule has 0 bridgehead atoms. The molecule has 0 aromatic heterocycles. The molecule has 0 radical (unpaired) electrons. The second-order valence-corrected chi connectivity index (χ2v) is 7.36. The van der Waals surface area contributed by atoms with Gasteiger partial charge in [-0.25, -0.2) is 13.1 Å². The highest BCUT2D eigenvalue weighted by molar-refractivity contribution is 7.89. The summed E-state index contributed by atoms with van der Waals surface area (Å²) in [6.45, 7) is 3.71. The highest BCUT2D eigenvalue weighted by atomic mass is 32.2. The summed E-state index contributed by atoms with van der Waals surface area (Å²) < 4.78 is 32.3. The lowest BCUT2D eigenvalue weighted by Crippen LogP contribution is -2.29. The molecule has 6 heteroatoms. The zero-order valence-corrected chi connectivity index (χ0v) is 12.6.